The number of unbranched alkanes of at least 4 members (excludes halogenated alkanes) is 3. The highest BCUT2D eigenvalue weighted by atomic mass is 15.3. The largest absolute Gasteiger partial charge is 0.302 e. The maximum absolute atomic E-state index is 2.88. The van der Waals surface area contributed by atoms with Gasteiger partial charge in [-0.05, 0) is 37.0 Å². The molecule has 0 amide bonds. The summed E-state index contributed by atoms with van der Waals surface area (Å²) in [7, 11) is 0. The third-order valence-electron chi connectivity index (χ3n) is 10.6. The molecule has 0 aromatic rings. The zero-order valence-corrected chi connectivity index (χ0v) is 29.1. The van der Waals surface area contributed by atoms with E-state index in [1.807, 2.05) is 0 Å². The first-order chi connectivity index (χ1) is 20.0. The zero-order chi connectivity index (χ0) is 29.7. The minimum atomic E-state index is 0.881. The van der Waals surface area contributed by atoms with Crippen LogP contribution in [0.15, 0.2) is 0 Å². The molecule has 2 saturated heterocycles. The van der Waals surface area contributed by atoms with E-state index in [9.17, 15) is 0 Å². The van der Waals surface area contributed by atoms with Gasteiger partial charge in [0, 0.05) is 98.2 Å². The van der Waals surface area contributed by atoms with Gasteiger partial charge in [0.25, 0.3) is 0 Å². The maximum atomic E-state index is 2.88. The van der Waals surface area contributed by atoms with Crippen molar-refractivity contribution >= 4 is 0 Å². The SMILES string of the molecule is CCCCC(CC)CN1CCN(CCN2CCN(CCN(CC(CC)CCCC)CC(CC)CCCC)CC2)CC1. The van der Waals surface area contributed by atoms with E-state index < -0.39 is 0 Å². The second kappa shape index (κ2) is 23.2. The van der Waals surface area contributed by atoms with Gasteiger partial charge in [0.15, 0.2) is 0 Å². The molecule has 5 heteroatoms. The van der Waals surface area contributed by atoms with Gasteiger partial charge in [-0.3, -0.25) is 14.7 Å². The van der Waals surface area contributed by atoms with Crippen LogP contribution in [0.3, 0.4) is 0 Å². The van der Waals surface area contributed by atoms with Gasteiger partial charge in [-0.2, -0.15) is 0 Å². The lowest BCUT2D eigenvalue weighted by Crippen LogP contribution is -2.52. The average molecular weight is 578 g/mol. The second-order valence-corrected chi connectivity index (χ2v) is 13.8. The molecule has 41 heavy (non-hydrogen) atoms. The van der Waals surface area contributed by atoms with Crippen molar-refractivity contribution in [2.24, 2.45) is 17.8 Å². The summed E-state index contributed by atoms with van der Waals surface area (Å²) < 4.78 is 0. The van der Waals surface area contributed by atoms with Crippen LogP contribution in [0.2, 0.25) is 0 Å². The van der Waals surface area contributed by atoms with Crippen molar-refractivity contribution in [3.8, 4) is 0 Å². The van der Waals surface area contributed by atoms with E-state index >= 15 is 0 Å². The van der Waals surface area contributed by atoms with Crippen molar-refractivity contribution < 1.29 is 0 Å². The normalized spacial score (nSPS) is 20.6. The van der Waals surface area contributed by atoms with Crippen LogP contribution in [0.25, 0.3) is 0 Å². The van der Waals surface area contributed by atoms with Gasteiger partial charge in [0.1, 0.15) is 0 Å². The fourth-order valence-electron chi connectivity index (χ4n) is 7.10. The predicted molar refractivity (Wildman–Crippen MR) is 182 cm³/mol. The molecule has 0 saturated carbocycles. The topological polar surface area (TPSA) is 16.2 Å². The Morgan fingerprint density at radius 1 is 0.463 bits per heavy atom. The van der Waals surface area contributed by atoms with Crippen LogP contribution in [0.4, 0.5) is 0 Å². The van der Waals surface area contributed by atoms with E-state index in [0.29, 0.717) is 0 Å². The molecule has 2 fully saturated rings. The standard InChI is InChI=1S/C36H75N5/c1-7-13-16-34(10-4)31-40-28-25-39(26-29-40)24-21-37-19-22-38(23-20-37)27-30-41(32-35(11-5)17-14-8-2)33-36(12-6)18-15-9-3/h34-36H,7-33H2,1-6H3. The summed E-state index contributed by atoms with van der Waals surface area (Å²) in [4.78, 5) is 13.9. The molecule has 2 rings (SSSR count). The van der Waals surface area contributed by atoms with Gasteiger partial charge in [0.05, 0.1) is 0 Å². The summed E-state index contributed by atoms with van der Waals surface area (Å²) in [6.45, 7) is 33.4. The van der Waals surface area contributed by atoms with E-state index in [0.717, 1.165) is 17.8 Å². The molecule has 2 aliphatic heterocycles. The zero-order valence-electron chi connectivity index (χ0n) is 29.1. The molecule has 3 unspecified atom stereocenters. The van der Waals surface area contributed by atoms with Gasteiger partial charge in [0.2, 0.25) is 0 Å². The summed E-state index contributed by atoms with van der Waals surface area (Å²) in [6, 6.07) is 0. The monoisotopic (exact) mass is 578 g/mol. The van der Waals surface area contributed by atoms with Gasteiger partial charge >= 0.3 is 0 Å². The molecular weight excluding hydrogens is 502 g/mol. The third-order valence-corrected chi connectivity index (χ3v) is 10.6. The Kier molecular flexibility index (Phi) is 20.9. The smallest absolute Gasteiger partial charge is 0.0110 e. The molecule has 244 valence electrons. The van der Waals surface area contributed by atoms with Crippen molar-refractivity contribution in [2.75, 3.05) is 98.2 Å². The van der Waals surface area contributed by atoms with Gasteiger partial charge in [-0.25, -0.2) is 0 Å². The highest BCUT2D eigenvalue weighted by molar-refractivity contribution is 4.79. The molecule has 3 atom stereocenters. The minimum absolute atomic E-state index is 0.881. The predicted octanol–water partition coefficient (Wildman–Crippen LogP) is 7.17. The Labute approximate surface area is 258 Å². The molecule has 2 heterocycles. The van der Waals surface area contributed by atoms with Crippen LogP contribution in [-0.4, -0.2) is 123 Å². The van der Waals surface area contributed by atoms with Crippen molar-refractivity contribution in [1.29, 1.82) is 0 Å². The van der Waals surface area contributed by atoms with Gasteiger partial charge in [-0.1, -0.05) is 99.3 Å². The Morgan fingerprint density at radius 3 is 1.22 bits per heavy atom. The second-order valence-electron chi connectivity index (χ2n) is 13.8. The molecule has 0 radical (unpaired) electrons. The van der Waals surface area contributed by atoms with Gasteiger partial charge in [-0.15, -0.1) is 0 Å². The van der Waals surface area contributed by atoms with E-state index in [-0.39, 0.29) is 0 Å². The molecule has 0 N–H and O–H groups in total. The van der Waals surface area contributed by atoms with E-state index in [2.05, 4.69) is 66.0 Å². The fraction of sp³-hybridized carbons (Fsp3) is 1.00. The van der Waals surface area contributed by atoms with Crippen LogP contribution in [-0.2, 0) is 0 Å². The van der Waals surface area contributed by atoms with Crippen molar-refractivity contribution in [3.63, 3.8) is 0 Å². The molecule has 0 aliphatic carbocycles. The summed E-state index contributed by atoms with van der Waals surface area (Å²) >= 11 is 0. The summed E-state index contributed by atoms with van der Waals surface area (Å²) in [5, 5.41) is 0. The number of nitrogens with zero attached hydrogens (tertiary/aromatic N) is 5. The minimum Gasteiger partial charge on any atom is -0.302 e. The summed E-state index contributed by atoms with van der Waals surface area (Å²) in [6.07, 6.45) is 16.5. The quantitative estimate of drug-likeness (QED) is 0.120. The fourth-order valence-corrected chi connectivity index (χ4v) is 7.10. The highest BCUT2D eigenvalue weighted by Gasteiger charge is 2.23. The van der Waals surface area contributed by atoms with E-state index in [4.69, 9.17) is 0 Å². The molecular formula is C36H75N5. The van der Waals surface area contributed by atoms with Gasteiger partial charge < -0.3 is 9.80 Å². The van der Waals surface area contributed by atoms with Crippen molar-refractivity contribution in [1.82, 2.24) is 24.5 Å². The highest BCUT2D eigenvalue weighted by Crippen LogP contribution is 2.19. The maximum Gasteiger partial charge on any atom is 0.0110 e. The number of hydrogen-bond donors (Lipinski definition) is 0. The summed E-state index contributed by atoms with van der Waals surface area (Å²) in [5.74, 6) is 2.67. The Bertz CT molecular complexity index is 567. The first kappa shape index (κ1) is 37.0. The lowest BCUT2D eigenvalue weighted by atomic mass is 9.95. The van der Waals surface area contributed by atoms with Crippen molar-refractivity contribution in [3.05, 3.63) is 0 Å². The Hall–Kier alpha value is -0.200. The summed E-state index contributed by atoms with van der Waals surface area (Å²) in [5.41, 5.74) is 0. The molecule has 0 spiro atoms. The van der Waals surface area contributed by atoms with E-state index in [1.165, 1.54) is 175 Å². The van der Waals surface area contributed by atoms with Crippen LogP contribution in [0.1, 0.15) is 119 Å². The molecule has 0 aromatic heterocycles. The van der Waals surface area contributed by atoms with Crippen LogP contribution < -0.4 is 0 Å². The number of hydrogen-bond acceptors (Lipinski definition) is 5. The molecule has 0 aromatic carbocycles. The third kappa shape index (κ3) is 15.9. The molecule has 2 aliphatic rings. The lowest BCUT2D eigenvalue weighted by molar-refractivity contribution is 0.0814. The Morgan fingerprint density at radius 2 is 0.829 bits per heavy atom. The average Bonchev–Trinajstić information content (AvgIpc) is 3.01. The van der Waals surface area contributed by atoms with Crippen LogP contribution in [0, 0.1) is 17.8 Å². The van der Waals surface area contributed by atoms with Crippen molar-refractivity contribution in [2.45, 2.75) is 119 Å². The molecule has 0 bridgehead atoms. The first-order valence-corrected chi connectivity index (χ1v) is 18.7. The van der Waals surface area contributed by atoms with Crippen LogP contribution in [0.5, 0.6) is 0 Å². The lowest BCUT2D eigenvalue weighted by Gasteiger charge is -2.39. The van der Waals surface area contributed by atoms with E-state index in [1.54, 1.807) is 0 Å². The Balaban J connectivity index is 1.69. The number of rotatable bonds is 24. The number of piperazine rings is 2. The molecule has 5 nitrogen and oxygen atoms in total. The first-order valence-electron chi connectivity index (χ1n) is 18.7. The van der Waals surface area contributed by atoms with Crippen LogP contribution >= 0.6 is 0 Å².